The van der Waals surface area contributed by atoms with Crippen molar-refractivity contribution in [3.8, 4) is 0 Å². The Kier molecular flexibility index (Phi) is 6.71. The number of carbonyl (C=O) groups excluding carboxylic acids is 2. The number of anilines is 3. The largest absolute Gasteiger partial charge is 0.378 e. The molecule has 3 aromatic rings. The van der Waals surface area contributed by atoms with Crippen molar-refractivity contribution in [1.29, 1.82) is 0 Å². The highest BCUT2D eigenvalue weighted by molar-refractivity contribution is 8.00. The van der Waals surface area contributed by atoms with Crippen LogP contribution in [-0.4, -0.2) is 31.7 Å². The molecular weight excluding hydrogens is 442 g/mol. The first-order valence-electron chi connectivity index (χ1n) is 11.4. The SMILES string of the molecule is CN(C)c1ccc(N2C(=O)CSC2c2cccc(NC(=O)c3ccc(C(C)(C)C)cc3)c2)cc1. The highest BCUT2D eigenvalue weighted by Crippen LogP contribution is 2.42. The molecular formula is C28H31N3O2S. The molecule has 0 saturated carbocycles. The quantitative estimate of drug-likeness (QED) is 0.488. The zero-order valence-corrected chi connectivity index (χ0v) is 21.1. The van der Waals surface area contributed by atoms with Gasteiger partial charge in [-0.2, -0.15) is 0 Å². The smallest absolute Gasteiger partial charge is 0.255 e. The fourth-order valence-corrected chi connectivity index (χ4v) is 5.12. The Hall–Kier alpha value is -3.25. The molecule has 0 spiro atoms. The molecule has 1 N–H and O–H groups in total. The van der Waals surface area contributed by atoms with Gasteiger partial charge in [0.1, 0.15) is 5.37 Å². The Balaban J connectivity index is 1.53. The molecule has 1 aliphatic rings. The van der Waals surface area contributed by atoms with Gasteiger partial charge in [0.2, 0.25) is 5.91 Å². The summed E-state index contributed by atoms with van der Waals surface area (Å²) in [6, 6.07) is 23.5. The van der Waals surface area contributed by atoms with Crippen molar-refractivity contribution in [2.75, 3.05) is 35.0 Å². The summed E-state index contributed by atoms with van der Waals surface area (Å²) in [7, 11) is 3.99. The van der Waals surface area contributed by atoms with Crippen LogP contribution in [0, 0.1) is 0 Å². The molecule has 5 nitrogen and oxygen atoms in total. The number of nitrogens with zero attached hydrogens (tertiary/aromatic N) is 2. The van der Waals surface area contributed by atoms with Gasteiger partial charge in [0.15, 0.2) is 0 Å². The van der Waals surface area contributed by atoms with Gasteiger partial charge < -0.3 is 10.2 Å². The fraction of sp³-hybridized carbons (Fsp3) is 0.286. The van der Waals surface area contributed by atoms with Gasteiger partial charge >= 0.3 is 0 Å². The van der Waals surface area contributed by atoms with Crippen LogP contribution in [-0.2, 0) is 10.2 Å². The van der Waals surface area contributed by atoms with E-state index in [1.165, 1.54) is 5.56 Å². The van der Waals surface area contributed by atoms with Crippen molar-refractivity contribution in [3.05, 3.63) is 89.5 Å². The highest BCUT2D eigenvalue weighted by atomic mass is 32.2. The zero-order chi connectivity index (χ0) is 24.5. The van der Waals surface area contributed by atoms with Gasteiger partial charge in [0.05, 0.1) is 5.75 Å². The third-order valence-corrected chi connectivity index (χ3v) is 7.17. The van der Waals surface area contributed by atoms with Gasteiger partial charge in [-0.05, 0) is 65.1 Å². The summed E-state index contributed by atoms with van der Waals surface area (Å²) in [6.07, 6.45) is 0. The van der Waals surface area contributed by atoms with Crippen LogP contribution in [0.25, 0.3) is 0 Å². The lowest BCUT2D eigenvalue weighted by atomic mass is 9.87. The van der Waals surface area contributed by atoms with Gasteiger partial charge in [-0.25, -0.2) is 0 Å². The van der Waals surface area contributed by atoms with E-state index in [-0.39, 0.29) is 22.6 Å². The molecule has 34 heavy (non-hydrogen) atoms. The molecule has 1 atom stereocenters. The van der Waals surface area contributed by atoms with Gasteiger partial charge in [-0.3, -0.25) is 14.5 Å². The molecule has 4 rings (SSSR count). The van der Waals surface area contributed by atoms with Gasteiger partial charge in [0.25, 0.3) is 5.91 Å². The van der Waals surface area contributed by atoms with E-state index in [1.807, 2.05) is 96.7 Å². The second-order valence-corrected chi connectivity index (χ2v) is 10.8. The van der Waals surface area contributed by atoms with Crippen molar-refractivity contribution < 1.29 is 9.59 Å². The number of nitrogens with one attached hydrogen (secondary N) is 1. The molecule has 3 aromatic carbocycles. The minimum absolute atomic E-state index is 0.0401. The van der Waals surface area contributed by atoms with Crippen LogP contribution in [0.4, 0.5) is 17.1 Å². The first-order valence-corrected chi connectivity index (χ1v) is 12.4. The molecule has 0 bridgehead atoms. The molecule has 176 valence electrons. The van der Waals surface area contributed by atoms with E-state index in [1.54, 1.807) is 11.8 Å². The van der Waals surface area contributed by atoms with E-state index >= 15 is 0 Å². The average Bonchev–Trinajstić information content (AvgIpc) is 3.20. The highest BCUT2D eigenvalue weighted by Gasteiger charge is 2.34. The maximum absolute atomic E-state index is 12.8. The van der Waals surface area contributed by atoms with Crippen LogP contribution >= 0.6 is 11.8 Å². The minimum atomic E-state index is -0.149. The maximum atomic E-state index is 12.8. The Labute approximate surface area is 206 Å². The molecule has 1 fully saturated rings. The van der Waals surface area contributed by atoms with Gasteiger partial charge in [0, 0.05) is 36.7 Å². The number of rotatable bonds is 5. The van der Waals surface area contributed by atoms with Crippen LogP contribution in [0.3, 0.4) is 0 Å². The fourth-order valence-electron chi connectivity index (χ4n) is 3.96. The summed E-state index contributed by atoms with van der Waals surface area (Å²) in [6.45, 7) is 6.46. The summed E-state index contributed by atoms with van der Waals surface area (Å²) in [5.74, 6) is 0.362. The van der Waals surface area contributed by atoms with Crippen molar-refractivity contribution in [1.82, 2.24) is 0 Å². The molecule has 1 aliphatic heterocycles. The molecule has 1 heterocycles. The summed E-state index contributed by atoms with van der Waals surface area (Å²) >= 11 is 1.60. The summed E-state index contributed by atoms with van der Waals surface area (Å²) in [5, 5.41) is 2.87. The normalized spacial score (nSPS) is 16.0. The standard InChI is InChI=1S/C28H31N3O2S/c1-28(2,3)21-11-9-19(10-12-21)26(33)29-22-8-6-7-20(17-22)27-31(25(32)18-34-27)24-15-13-23(14-16-24)30(4)5/h6-17,27H,18H2,1-5H3,(H,29,33). The van der Waals surface area contributed by atoms with Crippen LogP contribution in [0.5, 0.6) is 0 Å². The van der Waals surface area contributed by atoms with Crippen LogP contribution in [0.2, 0.25) is 0 Å². The predicted molar refractivity (Wildman–Crippen MR) is 143 cm³/mol. The van der Waals surface area contributed by atoms with Crippen LogP contribution in [0.1, 0.15) is 47.6 Å². The predicted octanol–water partition coefficient (Wildman–Crippen LogP) is 6.08. The second-order valence-electron chi connectivity index (χ2n) is 9.74. The topological polar surface area (TPSA) is 52.6 Å². The number of hydrogen-bond acceptors (Lipinski definition) is 4. The van der Waals surface area contributed by atoms with Crippen molar-refractivity contribution in [3.63, 3.8) is 0 Å². The minimum Gasteiger partial charge on any atom is -0.378 e. The number of benzene rings is 3. The number of amides is 2. The third kappa shape index (κ3) is 5.12. The summed E-state index contributed by atoms with van der Waals surface area (Å²) in [5.41, 5.74) is 5.50. The van der Waals surface area contributed by atoms with Crippen molar-refractivity contribution >= 4 is 40.6 Å². The number of hydrogen-bond donors (Lipinski definition) is 1. The Morgan fingerprint density at radius 2 is 1.68 bits per heavy atom. The lowest BCUT2D eigenvalue weighted by Gasteiger charge is -2.25. The third-order valence-electron chi connectivity index (χ3n) is 5.95. The van der Waals surface area contributed by atoms with E-state index in [0.29, 0.717) is 17.0 Å². The Morgan fingerprint density at radius 1 is 1.00 bits per heavy atom. The Morgan fingerprint density at radius 3 is 2.29 bits per heavy atom. The van der Waals surface area contributed by atoms with E-state index in [0.717, 1.165) is 16.9 Å². The lowest BCUT2D eigenvalue weighted by Crippen LogP contribution is -2.27. The molecule has 2 amide bonds. The first-order chi connectivity index (χ1) is 16.1. The van der Waals surface area contributed by atoms with Crippen LogP contribution < -0.4 is 15.1 Å². The van der Waals surface area contributed by atoms with Gasteiger partial charge in [-0.15, -0.1) is 11.8 Å². The average molecular weight is 474 g/mol. The van der Waals surface area contributed by atoms with Crippen molar-refractivity contribution in [2.45, 2.75) is 31.6 Å². The van der Waals surface area contributed by atoms with Gasteiger partial charge in [-0.1, -0.05) is 45.0 Å². The summed E-state index contributed by atoms with van der Waals surface area (Å²) < 4.78 is 0. The number of carbonyl (C=O) groups is 2. The number of thioether (sulfide) groups is 1. The van der Waals surface area contributed by atoms with E-state index < -0.39 is 0 Å². The second kappa shape index (κ2) is 9.55. The van der Waals surface area contributed by atoms with E-state index in [2.05, 4.69) is 26.1 Å². The lowest BCUT2D eigenvalue weighted by molar-refractivity contribution is -0.115. The van der Waals surface area contributed by atoms with Crippen molar-refractivity contribution in [2.24, 2.45) is 0 Å². The van der Waals surface area contributed by atoms with E-state index in [9.17, 15) is 9.59 Å². The molecule has 1 saturated heterocycles. The first kappa shape index (κ1) is 23.9. The molecule has 0 aliphatic carbocycles. The van der Waals surface area contributed by atoms with E-state index in [4.69, 9.17) is 0 Å². The monoisotopic (exact) mass is 473 g/mol. The molecule has 1 unspecified atom stereocenters. The molecule has 0 aromatic heterocycles. The summed E-state index contributed by atoms with van der Waals surface area (Å²) in [4.78, 5) is 29.5. The molecule has 0 radical (unpaired) electrons. The zero-order valence-electron chi connectivity index (χ0n) is 20.3. The maximum Gasteiger partial charge on any atom is 0.255 e. The van der Waals surface area contributed by atoms with Crippen LogP contribution in [0.15, 0.2) is 72.8 Å². The molecule has 6 heteroatoms. The Bertz CT molecular complexity index is 1180.